The second kappa shape index (κ2) is 3.96. The summed E-state index contributed by atoms with van der Waals surface area (Å²) in [5.74, 6) is -0.415. The molecule has 1 amide bonds. The molecule has 1 aromatic carbocycles. The SMILES string of the molecule is COC(=O)c1ccc2c(c1)NC(=O)[C@H](C)C2. The number of hydrogen-bond acceptors (Lipinski definition) is 3. The fourth-order valence-electron chi connectivity index (χ4n) is 1.79. The molecule has 1 aliphatic rings. The lowest BCUT2D eigenvalue weighted by Crippen LogP contribution is -2.27. The van der Waals surface area contributed by atoms with Gasteiger partial charge in [0.05, 0.1) is 12.7 Å². The first-order valence-electron chi connectivity index (χ1n) is 5.14. The highest BCUT2D eigenvalue weighted by atomic mass is 16.5. The maximum absolute atomic E-state index is 11.5. The number of carbonyl (C=O) groups excluding carboxylic acids is 2. The normalized spacial score (nSPS) is 18.6. The van der Waals surface area contributed by atoms with Crippen LogP contribution < -0.4 is 5.32 Å². The second-order valence-electron chi connectivity index (χ2n) is 3.96. The minimum atomic E-state index is -0.393. The summed E-state index contributed by atoms with van der Waals surface area (Å²) in [4.78, 5) is 22.8. The van der Waals surface area contributed by atoms with E-state index in [0.29, 0.717) is 17.7 Å². The number of fused-ring (bicyclic) bond motifs is 1. The molecule has 0 aliphatic carbocycles. The highest BCUT2D eigenvalue weighted by Crippen LogP contribution is 2.26. The van der Waals surface area contributed by atoms with Crippen LogP contribution >= 0.6 is 0 Å². The van der Waals surface area contributed by atoms with Gasteiger partial charge >= 0.3 is 5.97 Å². The Kier molecular flexibility index (Phi) is 2.64. The molecule has 0 spiro atoms. The van der Waals surface area contributed by atoms with Crippen LogP contribution in [0.1, 0.15) is 22.8 Å². The number of hydrogen-bond donors (Lipinski definition) is 1. The average Bonchev–Trinajstić information content (AvgIpc) is 2.29. The van der Waals surface area contributed by atoms with Crippen molar-refractivity contribution in [3.05, 3.63) is 29.3 Å². The van der Waals surface area contributed by atoms with Gasteiger partial charge in [0.25, 0.3) is 0 Å². The molecular formula is C12H13NO3. The van der Waals surface area contributed by atoms with Crippen LogP contribution in [-0.4, -0.2) is 19.0 Å². The molecule has 1 atom stereocenters. The van der Waals surface area contributed by atoms with Crippen LogP contribution in [0.2, 0.25) is 0 Å². The van der Waals surface area contributed by atoms with Crippen molar-refractivity contribution in [1.29, 1.82) is 0 Å². The van der Waals surface area contributed by atoms with Crippen molar-refractivity contribution >= 4 is 17.6 Å². The van der Waals surface area contributed by atoms with Crippen LogP contribution in [0.5, 0.6) is 0 Å². The van der Waals surface area contributed by atoms with Crippen LogP contribution in [0.15, 0.2) is 18.2 Å². The largest absolute Gasteiger partial charge is 0.465 e. The highest BCUT2D eigenvalue weighted by molar-refractivity contribution is 5.98. The van der Waals surface area contributed by atoms with Crippen molar-refractivity contribution in [2.75, 3.05) is 12.4 Å². The highest BCUT2D eigenvalue weighted by Gasteiger charge is 2.22. The standard InChI is InChI=1S/C12H13NO3/c1-7-5-8-3-4-9(12(15)16-2)6-10(8)13-11(7)14/h3-4,6-7H,5H2,1-2H3,(H,13,14)/t7-/m1/s1. The van der Waals surface area contributed by atoms with Crippen molar-refractivity contribution in [3.8, 4) is 0 Å². The van der Waals surface area contributed by atoms with Gasteiger partial charge in [-0.15, -0.1) is 0 Å². The summed E-state index contributed by atoms with van der Waals surface area (Å²) in [6, 6.07) is 5.23. The molecule has 0 unspecified atom stereocenters. The van der Waals surface area contributed by atoms with E-state index < -0.39 is 5.97 Å². The fourth-order valence-corrected chi connectivity index (χ4v) is 1.79. The van der Waals surface area contributed by atoms with Gasteiger partial charge in [-0.2, -0.15) is 0 Å². The molecule has 84 valence electrons. The van der Waals surface area contributed by atoms with Gasteiger partial charge in [-0.25, -0.2) is 4.79 Å². The lowest BCUT2D eigenvalue weighted by molar-refractivity contribution is -0.119. The Morgan fingerprint density at radius 3 is 2.94 bits per heavy atom. The molecule has 0 bridgehead atoms. The molecule has 0 saturated carbocycles. The van der Waals surface area contributed by atoms with Crippen molar-refractivity contribution < 1.29 is 14.3 Å². The first-order chi connectivity index (χ1) is 7.61. The Hall–Kier alpha value is -1.84. The number of ether oxygens (including phenoxy) is 1. The van der Waals surface area contributed by atoms with E-state index in [2.05, 4.69) is 10.1 Å². The van der Waals surface area contributed by atoms with Crippen LogP contribution in [-0.2, 0) is 16.0 Å². The minimum absolute atomic E-state index is 0.00508. The van der Waals surface area contributed by atoms with Gasteiger partial charge in [-0.3, -0.25) is 4.79 Å². The number of benzene rings is 1. The van der Waals surface area contributed by atoms with Gasteiger partial charge in [-0.1, -0.05) is 13.0 Å². The predicted molar refractivity (Wildman–Crippen MR) is 59.3 cm³/mol. The number of anilines is 1. The molecular weight excluding hydrogens is 206 g/mol. The monoisotopic (exact) mass is 219 g/mol. The van der Waals surface area contributed by atoms with E-state index in [9.17, 15) is 9.59 Å². The van der Waals surface area contributed by atoms with E-state index in [1.165, 1.54) is 7.11 Å². The third-order valence-electron chi connectivity index (χ3n) is 2.76. The molecule has 0 fully saturated rings. The smallest absolute Gasteiger partial charge is 0.337 e. The molecule has 1 aromatic rings. The van der Waals surface area contributed by atoms with Gasteiger partial charge < -0.3 is 10.1 Å². The fraction of sp³-hybridized carbons (Fsp3) is 0.333. The molecule has 1 N–H and O–H groups in total. The summed E-state index contributed by atoms with van der Waals surface area (Å²) in [5, 5.41) is 2.78. The topological polar surface area (TPSA) is 55.4 Å². The summed E-state index contributed by atoms with van der Waals surface area (Å²) in [7, 11) is 1.34. The van der Waals surface area contributed by atoms with E-state index in [-0.39, 0.29) is 11.8 Å². The Morgan fingerprint density at radius 2 is 2.25 bits per heavy atom. The van der Waals surface area contributed by atoms with Gasteiger partial charge in [0.1, 0.15) is 0 Å². The van der Waals surface area contributed by atoms with Crippen LogP contribution in [0.3, 0.4) is 0 Å². The molecule has 2 rings (SSSR count). The van der Waals surface area contributed by atoms with Crippen molar-refractivity contribution in [1.82, 2.24) is 0 Å². The maximum Gasteiger partial charge on any atom is 0.337 e. The molecule has 0 aromatic heterocycles. The van der Waals surface area contributed by atoms with E-state index in [1.807, 2.05) is 13.0 Å². The number of amides is 1. The first-order valence-corrected chi connectivity index (χ1v) is 5.14. The Morgan fingerprint density at radius 1 is 1.50 bits per heavy atom. The average molecular weight is 219 g/mol. The zero-order valence-electron chi connectivity index (χ0n) is 9.24. The summed E-state index contributed by atoms with van der Waals surface area (Å²) >= 11 is 0. The van der Waals surface area contributed by atoms with Crippen molar-refractivity contribution in [3.63, 3.8) is 0 Å². The summed E-state index contributed by atoms with van der Waals surface area (Å²) in [6.45, 7) is 1.88. The Bertz CT molecular complexity index is 454. The van der Waals surface area contributed by atoms with Crippen LogP contribution in [0.25, 0.3) is 0 Å². The van der Waals surface area contributed by atoms with E-state index >= 15 is 0 Å². The molecule has 1 aliphatic heterocycles. The maximum atomic E-state index is 11.5. The van der Waals surface area contributed by atoms with E-state index in [0.717, 1.165) is 5.56 Å². The number of rotatable bonds is 1. The quantitative estimate of drug-likeness (QED) is 0.730. The van der Waals surface area contributed by atoms with Gasteiger partial charge in [0, 0.05) is 11.6 Å². The molecule has 0 saturated heterocycles. The summed E-state index contributed by atoms with van der Waals surface area (Å²) in [5.41, 5.74) is 2.22. The zero-order chi connectivity index (χ0) is 11.7. The van der Waals surface area contributed by atoms with Crippen molar-refractivity contribution in [2.24, 2.45) is 5.92 Å². The third-order valence-corrected chi connectivity index (χ3v) is 2.76. The van der Waals surface area contributed by atoms with Gasteiger partial charge in [-0.05, 0) is 24.1 Å². The number of nitrogens with one attached hydrogen (secondary N) is 1. The van der Waals surface area contributed by atoms with Crippen LogP contribution in [0.4, 0.5) is 5.69 Å². The van der Waals surface area contributed by atoms with Crippen LogP contribution in [0, 0.1) is 5.92 Å². The molecule has 4 nitrogen and oxygen atoms in total. The predicted octanol–water partition coefficient (Wildman–Crippen LogP) is 1.60. The third kappa shape index (κ3) is 1.78. The minimum Gasteiger partial charge on any atom is -0.465 e. The van der Waals surface area contributed by atoms with Gasteiger partial charge in [0.15, 0.2) is 0 Å². The molecule has 16 heavy (non-hydrogen) atoms. The molecule has 0 radical (unpaired) electrons. The lowest BCUT2D eigenvalue weighted by atomic mass is 9.94. The lowest BCUT2D eigenvalue weighted by Gasteiger charge is -2.22. The molecule has 4 heteroatoms. The Balaban J connectivity index is 2.36. The Labute approximate surface area is 93.6 Å². The number of carbonyl (C=O) groups is 2. The van der Waals surface area contributed by atoms with E-state index in [1.54, 1.807) is 12.1 Å². The molecule has 1 heterocycles. The summed E-state index contributed by atoms with van der Waals surface area (Å²) < 4.78 is 4.62. The first kappa shape index (κ1) is 10.7. The summed E-state index contributed by atoms with van der Waals surface area (Å²) in [6.07, 6.45) is 0.711. The second-order valence-corrected chi connectivity index (χ2v) is 3.96. The van der Waals surface area contributed by atoms with Gasteiger partial charge in [0.2, 0.25) is 5.91 Å². The zero-order valence-corrected chi connectivity index (χ0v) is 9.24. The number of methoxy groups -OCH3 is 1. The number of esters is 1. The van der Waals surface area contributed by atoms with E-state index in [4.69, 9.17) is 0 Å². The van der Waals surface area contributed by atoms with Crippen molar-refractivity contribution in [2.45, 2.75) is 13.3 Å².